The van der Waals surface area contributed by atoms with Gasteiger partial charge in [0.2, 0.25) is 11.9 Å². The third-order valence-electron chi connectivity index (χ3n) is 4.77. The van der Waals surface area contributed by atoms with Crippen LogP contribution in [-0.2, 0) is 11.2 Å². The van der Waals surface area contributed by atoms with E-state index in [9.17, 15) is 4.79 Å². The van der Waals surface area contributed by atoms with Crippen molar-refractivity contribution < 1.29 is 4.79 Å². The number of nitrogen functional groups attached to an aromatic ring is 1. The molecule has 1 atom stereocenters. The average molecular weight is 353 g/mol. The Labute approximate surface area is 152 Å². The average Bonchev–Trinajstić information content (AvgIpc) is 2.68. The molecule has 1 aromatic heterocycles. The standard InChI is InChI=1S/C18H23N7O/c19-18-23-15-13(16(24-18)25-10-8-20-9-11-25)6-7-14(22-15)17(26)21-12-4-2-1-3-5-12/h1-5,14,20H,6-11H2,(H,21,26)(H3,19,22,23,24). The van der Waals surface area contributed by atoms with E-state index < -0.39 is 0 Å². The van der Waals surface area contributed by atoms with E-state index >= 15 is 0 Å². The molecule has 26 heavy (non-hydrogen) atoms. The number of nitrogens with one attached hydrogen (secondary N) is 3. The fraction of sp³-hybridized carbons (Fsp3) is 0.389. The van der Waals surface area contributed by atoms with Gasteiger partial charge in [-0.1, -0.05) is 18.2 Å². The second kappa shape index (κ2) is 7.17. The number of benzene rings is 1. The summed E-state index contributed by atoms with van der Waals surface area (Å²) < 4.78 is 0. The van der Waals surface area contributed by atoms with Gasteiger partial charge >= 0.3 is 0 Å². The van der Waals surface area contributed by atoms with Crippen molar-refractivity contribution in [1.82, 2.24) is 15.3 Å². The van der Waals surface area contributed by atoms with Crippen LogP contribution in [0.15, 0.2) is 30.3 Å². The van der Waals surface area contributed by atoms with Gasteiger partial charge in [-0.25, -0.2) is 0 Å². The molecule has 8 heteroatoms. The zero-order valence-electron chi connectivity index (χ0n) is 14.5. The minimum Gasteiger partial charge on any atom is -0.368 e. The van der Waals surface area contributed by atoms with E-state index in [2.05, 4.69) is 30.8 Å². The second-order valence-corrected chi connectivity index (χ2v) is 6.56. The maximum Gasteiger partial charge on any atom is 0.246 e. The summed E-state index contributed by atoms with van der Waals surface area (Å²) in [5, 5.41) is 9.53. The Morgan fingerprint density at radius 1 is 1.19 bits per heavy atom. The molecule has 1 saturated heterocycles. The molecule has 1 amide bonds. The minimum atomic E-state index is -0.340. The van der Waals surface area contributed by atoms with Crippen LogP contribution in [0.5, 0.6) is 0 Å². The Morgan fingerprint density at radius 3 is 2.73 bits per heavy atom. The van der Waals surface area contributed by atoms with Crippen LogP contribution in [0.2, 0.25) is 0 Å². The van der Waals surface area contributed by atoms with E-state index in [-0.39, 0.29) is 17.9 Å². The number of nitrogens with two attached hydrogens (primary N) is 1. The van der Waals surface area contributed by atoms with Crippen molar-refractivity contribution in [2.75, 3.05) is 47.4 Å². The van der Waals surface area contributed by atoms with Gasteiger partial charge in [0.15, 0.2) is 0 Å². The van der Waals surface area contributed by atoms with Crippen LogP contribution in [0.4, 0.5) is 23.3 Å². The third-order valence-corrected chi connectivity index (χ3v) is 4.77. The molecule has 0 aliphatic carbocycles. The monoisotopic (exact) mass is 353 g/mol. The molecule has 0 bridgehead atoms. The topological polar surface area (TPSA) is 108 Å². The van der Waals surface area contributed by atoms with Gasteiger partial charge in [-0.15, -0.1) is 0 Å². The quantitative estimate of drug-likeness (QED) is 0.647. The number of para-hydroxylation sites is 1. The lowest BCUT2D eigenvalue weighted by Crippen LogP contribution is -2.45. The van der Waals surface area contributed by atoms with Crippen LogP contribution in [0.3, 0.4) is 0 Å². The summed E-state index contributed by atoms with van der Waals surface area (Å²) >= 11 is 0. The van der Waals surface area contributed by atoms with E-state index in [4.69, 9.17) is 5.73 Å². The van der Waals surface area contributed by atoms with Gasteiger partial charge in [0.25, 0.3) is 0 Å². The SMILES string of the molecule is Nc1nc2c(c(N3CCNCC3)n1)CCC(C(=O)Nc1ccccc1)N2. The minimum absolute atomic E-state index is 0.0669. The predicted octanol–water partition coefficient (Wildman–Crippen LogP) is 0.834. The van der Waals surface area contributed by atoms with Crippen molar-refractivity contribution in [3.63, 3.8) is 0 Å². The molecule has 0 saturated carbocycles. The number of carbonyl (C=O) groups is 1. The maximum absolute atomic E-state index is 12.6. The summed E-state index contributed by atoms with van der Waals surface area (Å²) in [6.07, 6.45) is 1.44. The zero-order chi connectivity index (χ0) is 17.9. The van der Waals surface area contributed by atoms with Crippen LogP contribution in [0, 0.1) is 0 Å². The normalized spacial score (nSPS) is 19.4. The highest BCUT2D eigenvalue weighted by Crippen LogP contribution is 2.31. The largest absolute Gasteiger partial charge is 0.368 e. The van der Waals surface area contributed by atoms with Crippen molar-refractivity contribution in [2.45, 2.75) is 18.9 Å². The van der Waals surface area contributed by atoms with E-state index in [0.717, 1.165) is 49.7 Å². The van der Waals surface area contributed by atoms with Crippen LogP contribution < -0.4 is 26.6 Å². The number of amides is 1. The van der Waals surface area contributed by atoms with Crippen molar-refractivity contribution in [1.29, 1.82) is 0 Å². The Balaban J connectivity index is 1.53. The first-order valence-electron chi connectivity index (χ1n) is 8.95. The van der Waals surface area contributed by atoms with Crippen molar-refractivity contribution in [3.05, 3.63) is 35.9 Å². The lowest BCUT2D eigenvalue weighted by atomic mass is 10.00. The number of nitrogens with zero attached hydrogens (tertiary/aromatic N) is 3. The molecule has 1 aromatic carbocycles. The van der Waals surface area contributed by atoms with Gasteiger partial charge in [-0.05, 0) is 25.0 Å². The summed E-state index contributed by atoms with van der Waals surface area (Å²) in [7, 11) is 0. The van der Waals surface area contributed by atoms with Gasteiger partial charge in [0, 0.05) is 37.4 Å². The Morgan fingerprint density at radius 2 is 1.96 bits per heavy atom. The number of piperazine rings is 1. The lowest BCUT2D eigenvalue weighted by Gasteiger charge is -2.33. The molecule has 2 aliphatic rings. The van der Waals surface area contributed by atoms with Crippen LogP contribution in [-0.4, -0.2) is 48.1 Å². The number of hydrogen-bond acceptors (Lipinski definition) is 7. The molecule has 4 rings (SSSR count). The maximum atomic E-state index is 12.6. The summed E-state index contributed by atoms with van der Waals surface area (Å²) in [6, 6.07) is 9.11. The van der Waals surface area contributed by atoms with Crippen LogP contribution in [0.25, 0.3) is 0 Å². The highest BCUT2D eigenvalue weighted by molar-refractivity contribution is 5.97. The Bertz CT molecular complexity index is 790. The molecule has 8 nitrogen and oxygen atoms in total. The van der Waals surface area contributed by atoms with Crippen LogP contribution >= 0.6 is 0 Å². The van der Waals surface area contributed by atoms with Gasteiger partial charge < -0.3 is 26.6 Å². The number of aromatic nitrogens is 2. The molecule has 5 N–H and O–H groups in total. The van der Waals surface area contributed by atoms with E-state index in [0.29, 0.717) is 12.2 Å². The zero-order valence-corrected chi connectivity index (χ0v) is 14.5. The fourth-order valence-corrected chi connectivity index (χ4v) is 3.45. The number of rotatable bonds is 3. The molecule has 2 aromatic rings. The van der Waals surface area contributed by atoms with Gasteiger partial charge in [0.1, 0.15) is 17.7 Å². The molecular weight excluding hydrogens is 330 g/mol. The van der Waals surface area contributed by atoms with Crippen molar-refractivity contribution >= 4 is 29.2 Å². The van der Waals surface area contributed by atoms with Gasteiger partial charge in [-0.2, -0.15) is 9.97 Å². The molecule has 136 valence electrons. The highest BCUT2D eigenvalue weighted by Gasteiger charge is 2.29. The van der Waals surface area contributed by atoms with Crippen LogP contribution in [0.1, 0.15) is 12.0 Å². The molecule has 2 aliphatic heterocycles. The Hall–Kier alpha value is -2.87. The summed E-state index contributed by atoms with van der Waals surface area (Å²) in [4.78, 5) is 23.6. The van der Waals surface area contributed by atoms with E-state index in [1.807, 2.05) is 30.3 Å². The molecule has 1 fully saturated rings. The number of fused-ring (bicyclic) bond motifs is 1. The van der Waals surface area contributed by atoms with E-state index in [1.54, 1.807) is 0 Å². The summed E-state index contributed by atoms with van der Waals surface area (Å²) in [6.45, 7) is 3.63. The second-order valence-electron chi connectivity index (χ2n) is 6.56. The fourth-order valence-electron chi connectivity index (χ4n) is 3.45. The molecule has 0 radical (unpaired) electrons. The highest BCUT2D eigenvalue weighted by atomic mass is 16.2. The first kappa shape index (κ1) is 16.6. The first-order chi connectivity index (χ1) is 12.7. The molecular formula is C18H23N7O. The summed E-state index contributed by atoms with van der Waals surface area (Å²) in [5.41, 5.74) is 7.76. The van der Waals surface area contributed by atoms with Gasteiger partial charge in [0.05, 0.1) is 0 Å². The first-order valence-corrected chi connectivity index (χ1v) is 8.95. The molecule has 3 heterocycles. The smallest absolute Gasteiger partial charge is 0.246 e. The van der Waals surface area contributed by atoms with Crippen molar-refractivity contribution in [3.8, 4) is 0 Å². The molecule has 1 unspecified atom stereocenters. The summed E-state index contributed by atoms with van der Waals surface area (Å²) in [5.74, 6) is 1.73. The Kier molecular flexibility index (Phi) is 4.57. The number of hydrogen-bond donors (Lipinski definition) is 4. The third kappa shape index (κ3) is 3.41. The molecule has 0 spiro atoms. The predicted molar refractivity (Wildman–Crippen MR) is 102 cm³/mol. The number of anilines is 4. The lowest BCUT2D eigenvalue weighted by molar-refractivity contribution is -0.117. The number of carbonyl (C=O) groups excluding carboxylic acids is 1. The van der Waals surface area contributed by atoms with Gasteiger partial charge in [-0.3, -0.25) is 4.79 Å². The van der Waals surface area contributed by atoms with E-state index in [1.165, 1.54) is 0 Å². The van der Waals surface area contributed by atoms with Crippen molar-refractivity contribution in [2.24, 2.45) is 0 Å².